The molecule has 0 amide bonds. The molecule has 1 aliphatic heterocycles. The molecule has 1 saturated heterocycles. The average Bonchev–Trinajstić information content (AvgIpc) is 2.29. The minimum atomic E-state index is -0.931. The van der Waals surface area contributed by atoms with Crippen molar-refractivity contribution >= 4 is 23.2 Å². The minimum Gasteiger partial charge on any atom is -0.317 e. The van der Waals surface area contributed by atoms with Crippen molar-refractivity contribution in [1.29, 1.82) is 0 Å². The van der Waals surface area contributed by atoms with Crippen molar-refractivity contribution < 1.29 is 4.21 Å². The molecule has 1 unspecified atom stereocenters. The summed E-state index contributed by atoms with van der Waals surface area (Å²) in [7, 11) is -0.931. The standard InChI is InChI=1S/C11H16N2OS.ClH/c1-9-2-7-13-11(8-9)15(14)10-3-5-12-6-4-10;/h2,7-8,10,12H,3-6H2,1H3;1H. The van der Waals surface area contributed by atoms with E-state index in [1.54, 1.807) is 6.20 Å². The van der Waals surface area contributed by atoms with E-state index in [9.17, 15) is 4.21 Å². The van der Waals surface area contributed by atoms with Crippen LogP contribution in [0.4, 0.5) is 0 Å². The normalized spacial score (nSPS) is 18.8. The van der Waals surface area contributed by atoms with Crippen LogP contribution in [-0.4, -0.2) is 27.5 Å². The Morgan fingerprint density at radius 2 is 2.12 bits per heavy atom. The van der Waals surface area contributed by atoms with Crippen LogP contribution in [0.3, 0.4) is 0 Å². The number of rotatable bonds is 2. The van der Waals surface area contributed by atoms with E-state index in [1.807, 2.05) is 19.1 Å². The highest BCUT2D eigenvalue weighted by Gasteiger charge is 2.21. The highest BCUT2D eigenvalue weighted by molar-refractivity contribution is 7.85. The fourth-order valence-corrected chi connectivity index (χ4v) is 3.27. The Morgan fingerprint density at radius 3 is 2.75 bits per heavy atom. The minimum absolute atomic E-state index is 0. The number of nitrogens with one attached hydrogen (secondary N) is 1. The largest absolute Gasteiger partial charge is 0.317 e. The molecular formula is C11H17ClN2OS. The van der Waals surface area contributed by atoms with Crippen LogP contribution in [0.15, 0.2) is 23.4 Å². The van der Waals surface area contributed by atoms with Crippen molar-refractivity contribution in [3.05, 3.63) is 23.9 Å². The molecule has 0 radical (unpaired) electrons. The fourth-order valence-electron chi connectivity index (χ4n) is 1.80. The summed E-state index contributed by atoms with van der Waals surface area (Å²) >= 11 is 0. The van der Waals surface area contributed by atoms with Crippen molar-refractivity contribution in [2.75, 3.05) is 13.1 Å². The molecule has 1 fully saturated rings. The Morgan fingerprint density at radius 1 is 1.44 bits per heavy atom. The first-order valence-electron chi connectivity index (χ1n) is 5.31. The highest BCUT2D eigenvalue weighted by Crippen LogP contribution is 2.17. The van der Waals surface area contributed by atoms with Crippen molar-refractivity contribution in [2.45, 2.75) is 30.0 Å². The second kappa shape index (κ2) is 6.33. The smallest absolute Gasteiger partial charge is 0.127 e. The zero-order valence-corrected chi connectivity index (χ0v) is 10.9. The maximum atomic E-state index is 12.2. The van der Waals surface area contributed by atoms with Crippen LogP contribution >= 0.6 is 12.4 Å². The lowest BCUT2D eigenvalue weighted by Crippen LogP contribution is -2.33. The summed E-state index contributed by atoms with van der Waals surface area (Å²) in [6.45, 7) is 3.95. The Labute approximate surface area is 105 Å². The molecule has 1 atom stereocenters. The lowest BCUT2D eigenvalue weighted by atomic mass is 10.2. The van der Waals surface area contributed by atoms with Crippen molar-refractivity contribution in [3.63, 3.8) is 0 Å². The molecule has 1 aliphatic rings. The molecule has 16 heavy (non-hydrogen) atoms. The molecule has 90 valence electrons. The summed E-state index contributed by atoms with van der Waals surface area (Å²) in [4.78, 5) is 4.19. The van der Waals surface area contributed by atoms with Crippen LogP contribution in [0.5, 0.6) is 0 Å². The number of halogens is 1. The van der Waals surface area contributed by atoms with E-state index in [2.05, 4.69) is 10.3 Å². The van der Waals surface area contributed by atoms with Gasteiger partial charge in [0.2, 0.25) is 0 Å². The van der Waals surface area contributed by atoms with Gasteiger partial charge in [0.25, 0.3) is 0 Å². The van der Waals surface area contributed by atoms with Gasteiger partial charge >= 0.3 is 0 Å². The molecule has 0 saturated carbocycles. The summed E-state index contributed by atoms with van der Waals surface area (Å²) in [6, 6.07) is 3.86. The summed E-state index contributed by atoms with van der Waals surface area (Å²) in [5.41, 5.74) is 1.13. The van der Waals surface area contributed by atoms with E-state index >= 15 is 0 Å². The van der Waals surface area contributed by atoms with Gasteiger partial charge in [0.1, 0.15) is 5.03 Å². The van der Waals surface area contributed by atoms with E-state index in [1.165, 1.54) is 0 Å². The molecule has 5 heteroatoms. The number of nitrogens with zero attached hydrogens (tertiary/aromatic N) is 1. The van der Waals surface area contributed by atoms with Gasteiger partial charge in [0.05, 0.1) is 10.8 Å². The van der Waals surface area contributed by atoms with Crippen molar-refractivity contribution in [3.8, 4) is 0 Å². The van der Waals surface area contributed by atoms with Crippen LogP contribution in [0.25, 0.3) is 0 Å². The van der Waals surface area contributed by atoms with Gasteiger partial charge < -0.3 is 5.32 Å². The third kappa shape index (κ3) is 3.27. The fraction of sp³-hybridized carbons (Fsp3) is 0.545. The summed E-state index contributed by atoms with van der Waals surface area (Å²) in [6.07, 6.45) is 3.72. The molecule has 3 nitrogen and oxygen atoms in total. The summed E-state index contributed by atoms with van der Waals surface area (Å²) in [5.74, 6) is 0. The maximum Gasteiger partial charge on any atom is 0.127 e. The van der Waals surface area contributed by atoms with Gasteiger partial charge in [-0.05, 0) is 50.6 Å². The van der Waals surface area contributed by atoms with E-state index in [4.69, 9.17) is 0 Å². The van der Waals surface area contributed by atoms with Gasteiger partial charge in [0.15, 0.2) is 0 Å². The van der Waals surface area contributed by atoms with E-state index in [0.29, 0.717) is 0 Å². The van der Waals surface area contributed by atoms with Gasteiger partial charge in [-0.1, -0.05) is 0 Å². The summed E-state index contributed by atoms with van der Waals surface area (Å²) in [5, 5.41) is 4.29. The monoisotopic (exact) mass is 260 g/mol. The molecule has 1 N–H and O–H groups in total. The molecule has 0 bridgehead atoms. The topological polar surface area (TPSA) is 42.0 Å². The first-order chi connectivity index (χ1) is 7.27. The number of hydrogen-bond acceptors (Lipinski definition) is 3. The SMILES string of the molecule is Cc1ccnc(S(=O)C2CCNCC2)c1.Cl. The predicted molar refractivity (Wildman–Crippen MR) is 68.5 cm³/mol. The predicted octanol–water partition coefficient (Wildman–Crippen LogP) is 1.67. The number of pyridine rings is 1. The molecule has 2 rings (SSSR count). The van der Waals surface area contributed by atoms with Gasteiger partial charge in [-0.3, -0.25) is 4.21 Å². The van der Waals surface area contributed by atoms with Gasteiger partial charge in [-0.2, -0.15) is 0 Å². The van der Waals surface area contributed by atoms with Gasteiger partial charge in [0, 0.05) is 11.4 Å². The zero-order valence-electron chi connectivity index (χ0n) is 9.31. The van der Waals surface area contributed by atoms with Crippen LogP contribution in [0.1, 0.15) is 18.4 Å². The molecule has 0 aromatic carbocycles. The lowest BCUT2D eigenvalue weighted by molar-refractivity contribution is 0.519. The van der Waals surface area contributed by atoms with Crippen molar-refractivity contribution in [1.82, 2.24) is 10.3 Å². The van der Waals surface area contributed by atoms with Gasteiger partial charge in [-0.25, -0.2) is 4.98 Å². The molecule has 0 spiro atoms. The van der Waals surface area contributed by atoms with Crippen LogP contribution in [-0.2, 0) is 10.8 Å². The van der Waals surface area contributed by atoms with Crippen LogP contribution in [0, 0.1) is 6.92 Å². The molecular weight excluding hydrogens is 244 g/mol. The van der Waals surface area contributed by atoms with E-state index in [-0.39, 0.29) is 17.7 Å². The number of aromatic nitrogens is 1. The quantitative estimate of drug-likeness (QED) is 0.880. The van der Waals surface area contributed by atoms with E-state index < -0.39 is 10.8 Å². The third-order valence-corrected chi connectivity index (χ3v) is 4.40. The Bertz CT molecular complexity index is 367. The molecule has 0 aliphatic carbocycles. The highest BCUT2D eigenvalue weighted by atomic mass is 35.5. The average molecular weight is 261 g/mol. The lowest BCUT2D eigenvalue weighted by Gasteiger charge is -2.21. The van der Waals surface area contributed by atoms with Crippen molar-refractivity contribution in [2.24, 2.45) is 0 Å². The second-order valence-corrected chi connectivity index (χ2v) is 5.60. The van der Waals surface area contributed by atoms with Crippen LogP contribution in [0.2, 0.25) is 0 Å². The first kappa shape index (κ1) is 13.6. The number of hydrogen-bond donors (Lipinski definition) is 1. The Kier molecular flexibility index (Phi) is 5.38. The maximum absolute atomic E-state index is 12.2. The van der Waals surface area contributed by atoms with Gasteiger partial charge in [-0.15, -0.1) is 12.4 Å². The van der Waals surface area contributed by atoms with Crippen LogP contribution < -0.4 is 5.32 Å². The number of aryl methyl sites for hydroxylation is 1. The molecule has 1 aromatic heterocycles. The molecule has 2 heterocycles. The summed E-state index contributed by atoms with van der Waals surface area (Å²) < 4.78 is 12.2. The number of piperidine rings is 1. The van der Waals surface area contributed by atoms with E-state index in [0.717, 1.165) is 36.5 Å². The third-order valence-electron chi connectivity index (χ3n) is 2.69. The Balaban J connectivity index is 0.00000128. The Hall–Kier alpha value is -0.450. The zero-order chi connectivity index (χ0) is 10.7. The molecule has 1 aromatic rings. The second-order valence-electron chi connectivity index (χ2n) is 3.92. The first-order valence-corrected chi connectivity index (χ1v) is 6.52.